The summed E-state index contributed by atoms with van der Waals surface area (Å²) in [6.07, 6.45) is 86.8. The average Bonchev–Trinajstić information content (AvgIpc) is 3.02. The fourth-order valence-corrected chi connectivity index (χ4v) is 25.0. The van der Waals surface area contributed by atoms with Crippen LogP contribution in [0.5, 0.6) is 0 Å². The van der Waals surface area contributed by atoms with Gasteiger partial charge in [-0.15, -0.1) is 0 Å². The molecule has 0 aromatic rings. The lowest BCUT2D eigenvalue weighted by Gasteiger charge is -2.28. The molecule has 0 aliphatic rings. The molecule has 0 saturated carbocycles. The monoisotopic (exact) mass is 1320 g/mol. The molecule has 0 aromatic heterocycles. The molecule has 0 rings (SSSR count). The van der Waals surface area contributed by atoms with Crippen molar-refractivity contribution in [3.8, 4) is 0 Å². The summed E-state index contributed by atoms with van der Waals surface area (Å²) in [4.78, 5) is 20.7. The van der Waals surface area contributed by atoms with Crippen LogP contribution < -0.4 is 9.79 Å². The van der Waals surface area contributed by atoms with Gasteiger partial charge in [0.2, 0.25) is 0 Å². The van der Waals surface area contributed by atoms with Crippen LogP contribution in [0.15, 0.2) is 0 Å². The maximum absolute atomic E-state index is 10.3. The van der Waals surface area contributed by atoms with Gasteiger partial charge in [-0.2, -0.15) is 0 Å². The van der Waals surface area contributed by atoms with E-state index in [9.17, 15) is 18.9 Å². The standard InChI is InChI=1S/2C32H68P.2C8H17O2P/c2*1-5-9-13-17-18-19-20-21-22-23-24-28-32-33(29-25-14-10-6-2,30-26-15-11-7-3)31-27-16-12-8-4;2*1-7(6-11(9)10)5-8(2,3)4/h2*5-32H2,1-4H3;2*7H,5-6H2,1-4H3/q2*+1;;. The molecular weight excluding hydrogens is 1150 g/mol. The van der Waals surface area contributed by atoms with Crippen molar-refractivity contribution in [2.45, 2.75) is 432 Å². The highest BCUT2D eigenvalue weighted by atomic mass is 31.2. The van der Waals surface area contributed by atoms with Crippen LogP contribution in [0.1, 0.15) is 432 Å². The van der Waals surface area contributed by atoms with Crippen molar-refractivity contribution in [1.82, 2.24) is 0 Å². The lowest BCUT2D eigenvalue weighted by molar-refractivity contribution is -0.165. The van der Waals surface area contributed by atoms with Crippen LogP contribution >= 0.6 is 30.6 Å². The third-order valence-corrected chi connectivity index (χ3v) is 30.7. The van der Waals surface area contributed by atoms with E-state index in [2.05, 4.69) is 96.9 Å². The second-order valence-corrected chi connectivity index (χ2v) is 42.4. The lowest BCUT2D eigenvalue weighted by Crippen LogP contribution is -2.13. The van der Waals surface area contributed by atoms with E-state index in [4.69, 9.17) is 0 Å². The number of hydrogen-bond acceptors (Lipinski definition) is 4. The molecule has 0 spiro atoms. The number of unbranched alkanes of at least 4 members (excludes halogenated alkanes) is 40. The molecule has 4 unspecified atom stereocenters. The second-order valence-electron chi connectivity index (χ2n) is 31.4. The van der Waals surface area contributed by atoms with E-state index < -0.39 is 30.6 Å². The van der Waals surface area contributed by atoms with Crippen LogP contribution in [0.3, 0.4) is 0 Å². The van der Waals surface area contributed by atoms with Gasteiger partial charge in [0.15, 0.2) is 0 Å². The topological polar surface area (TPSA) is 80.3 Å². The van der Waals surface area contributed by atoms with E-state index in [0.717, 1.165) is 12.8 Å². The van der Waals surface area contributed by atoms with Crippen molar-refractivity contribution in [1.29, 1.82) is 0 Å². The minimum Gasteiger partial charge on any atom is -0.596 e. The molecule has 0 fully saturated rings. The van der Waals surface area contributed by atoms with Gasteiger partial charge in [-0.05, 0) is 126 Å². The summed E-state index contributed by atoms with van der Waals surface area (Å²) >= 11 is 0. The molecule has 0 bridgehead atoms. The Morgan fingerprint density at radius 3 is 0.500 bits per heavy atom. The first kappa shape index (κ1) is 95.4. The van der Waals surface area contributed by atoms with Gasteiger partial charge in [0.25, 0.3) is 0 Å². The highest BCUT2D eigenvalue weighted by molar-refractivity contribution is 7.76. The summed E-state index contributed by atoms with van der Waals surface area (Å²) in [6, 6.07) is 0. The first-order chi connectivity index (χ1) is 42.1. The van der Waals surface area contributed by atoms with Crippen LogP contribution in [0.25, 0.3) is 0 Å². The number of rotatable bonds is 62. The normalized spacial score (nSPS) is 13.1. The largest absolute Gasteiger partial charge is 0.596 e. The van der Waals surface area contributed by atoms with Crippen molar-refractivity contribution in [3.63, 3.8) is 0 Å². The van der Waals surface area contributed by atoms with Crippen LogP contribution in [0.4, 0.5) is 0 Å². The van der Waals surface area contributed by atoms with Gasteiger partial charge in [0.1, 0.15) is 12.3 Å². The molecule has 0 aliphatic carbocycles. The average molecular weight is 1320 g/mol. The fourth-order valence-electron chi connectivity index (χ4n) is 13.9. The van der Waals surface area contributed by atoms with E-state index in [-0.39, 0.29) is 22.7 Å². The van der Waals surface area contributed by atoms with E-state index in [1.165, 1.54) is 257 Å². The zero-order chi connectivity index (χ0) is 66.7. The molecule has 0 amide bonds. The summed E-state index contributed by atoms with van der Waals surface area (Å²) in [6.45, 7) is 35.5. The molecule has 0 radical (unpaired) electrons. The quantitative estimate of drug-likeness (QED) is 0.0449. The zero-order valence-corrected chi connectivity index (χ0v) is 67.6. The molecule has 0 aromatic carbocycles. The highest BCUT2D eigenvalue weighted by Crippen LogP contribution is 2.62. The zero-order valence-electron chi connectivity index (χ0n) is 64.0. The fraction of sp³-hybridized carbons (Fsp3) is 1.00. The molecular formula is C80H170O4P4+2. The predicted molar refractivity (Wildman–Crippen MR) is 411 cm³/mol. The molecule has 4 nitrogen and oxygen atoms in total. The molecule has 0 saturated heterocycles. The second kappa shape index (κ2) is 70.8. The highest BCUT2D eigenvalue weighted by Gasteiger charge is 2.36. The summed E-state index contributed by atoms with van der Waals surface area (Å²) < 4.78 is 20.7. The molecule has 4 atom stereocenters. The summed E-state index contributed by atoms with van der Waals surface area (Å²) in [5.74, 6) is 0.576. The third-order valence-electron chi connectivity index (χ3n) is 18.7. The predicted octanol–water partition coefficient (Wildman–Crippen LogP) is 29.2. The van der Waals surface area contributed by atoms with Gasteiger partial charge in [-0.25, -0.2) is 0 Å². The minimum atomic E-state index is -2.19. The van der Waals surface area contributed by atoms with Crippen molar-refractivity contribution >= 4 is 30.6 Å². The Labute approximate surface area is 562 Å². The Hall–Kier alpha value is 0.980. The van der Waals surface area contributed by atoms with Crippen LogP contribution in [0, 0.1) is 22.7 Å². The Balaban J connectivity index is -0.000000598. The maximum Gasteiger partial charge on any atom is 0.309 e. The molecule has 0 N–H and O–H groups in total. The summed E-state index contributed by atoms with van der Waals surface area (Å²) in [5.41, 5.74) is 0.482. The van der Waals surface area contributed by atoms with Crippen molar-refractivity contribution in [2.75, 3.05) is 61.6 Å². The van der Waals surface area contributed by atoms with E-state index in [1.807, 2.05) is 13.8 Å². The van der Waals surface area contributed by atoms with Gasteiger partial charge < -0.3 is 9.79 Å². The first-order valence-corrected chi connectivity index (χ1v) is 47.8. The lowest BCUT2D eigenvalue weighted by atomic mass is 9.86. The van der Waals surface area contributed by atoms with Gasteiger partial charge in [0, 0.05) is 26.4 Å². The van der Waals surface area contributed by atoms with Gasteiger partial charge >= 0.3 is 16.1 Å². The Bertz CT molecular complexity index is 1210. The molecule has 532 valence electrons. The third kappa shape index (κ3) is 77.7. The summed E-state index contributed by atoms with van der Waals surface area (Å²) in [7, 11) is -5.78. The molecule has 8 heteroatoms. The minimum absolute atomic E-state index is 0.241. The van der Waals surface area contributed by atoms with Crippen LogP contribution in [0.2, 0.25) is 0 Å². The van der Waals surface area contributed by atoms with E-state index in [0.29, 0.717) is 12.3 Å². The van der Waals surface area contributed by atoms with Gasteiger partial charge in [-0.3, -0.25) is 0 Å². The number of hydrogen-bond donors (Lipinski definition) is 0. The maximum atomic E-state index is 10.3. The van der Waals surface area contributed by atoms with E-state index in [1.54, 1.807) is 101 Å². The van der Waals surface area contributed by atoms with Crippen molar-refractivity contribution in [3.05, 3.63) is 0 Å². The molecule has 0 heterocycles. The Morgan fingerprint density at radius 2 is 0.375 bits per heavy atom. The molecule has 88 heavy (non-hydrogen) atoms. The SMILES string of the molecule is CC(C[P+](=O)[O-])CC(C)(C)C.CC(C[P+](=O)[O-])CC(C)(C)C.CCCCCCCCCCCCCC[P+](CCCCCC)(CCCCCC)CCCCCC.CCCCCCCCCCCCCC[P+](CCCCCC)(CCCCCC)CCCCCC. The van der Waals surface area contributed by atoms with Gasteiger partial charge in [0.05, 0.1) is 49.3 Å². The first-order valence-electron chi connectivity index (χ1n) is 40.0. The van der Waals surface area contributed by atoms with Crippen LogP contribution in [-0.2, 0) is 9.13 Å². The van der Waals surface area contributed by atoms with Crippen molar-refractivity contribution < 1.29 is 18.9 Å². The Morgan fingerprint density at radius 1 is 0.250 bits per heavy atom. The smallest absolute Gasteiger partial charge is 0.309 e. The van der Waals surface area contributed by atoms with Crippen LogP contribution in [-0.4, -0.2) is 61.6 Å². The van der Waals surface area contributed by atoms with Gasteiger partial charge in [-0.1, -0.05) is 325 Å². The Kier molecular flexibility index (Phi) is 76.7. The van der Waals surface area contributed by atoms with E-state index >= 15 is 0 Å². The molecule has 0 aliphatic heterocycles. The summed E-state index contributed by atoms with van der Waals surface area (Å²) in [5, 5.41) is 0. The van der Waals surface area contributed by atoms with Crippen molar-refractivity contribution in [2.24, 2.45) is 22.7 Å².